The van der Waals surface area contributed by atoms with Crippen molar-refractivity contribution in [1.82, 2.24) is 4.41 Å². The van der Waals surface area contributed by atoms with Crippen LogP contribution in [0.2, 0.25) is 0 Å². The van der Waals surface area contributed by atoms with E-state index in [0.717, 1.165) is 26.7 Å². The van der Waals surface area contributed by atoms with Crippen LogP contribution in [0.15, 0.2) is 76.7 Å². The second-order valence-corrected chi connectivity index (χ2v) is 9.28. The minimum Gasteiger partial charge on any atom is -0.292 e. The molecule has 30 heavy (non-hydrogen) atoms. The van der Waals surface area contributed by atoms with Crippen molar-refractivity contribution in [3.05, 3.63) is 100 Å². The summed E-state index contributed by atoms with van der Waals surface area (Å²) in [5, 5.41) is 4.42. The Morgan fingerprint density at radius 1 is 0.867 bits per heavy atom. The van der Waals surface area contributed by atoms with Gasteiger partial charge in [0.2, 0.25) is 0 Å². The summed E-state index contributed by atoms with van der Waals surface area (Å²) in [5.74, 6) is -0.283. The lowest BCUT2D eigenvalue weighted by Crippen LogP contribution is -2.37. The lowest BCUT2D eigenvalue weighted by atomic mass is 9.98. The first-order valence-electron chi connectivity index (χ1n) is 9.66. The Bertz CT molecular complexity index is 1280. The highest BCUT2D eigenvalue weighted by Gasteiger charge is 2.34. The number of Topliss-reactive ketones (excluding diaryl/α,β-unsaturated/α-hetero) is 1. The molecule has 1 aliphatic heterocycles. The summed E-state index contributed by atoms with van der Waals surface area (Å²) in [5.41, 5.74) is 5.28. The van der Waals surface area contributed by atoms with Crippen molar-refractivity contribution in [3.63, 3.8) is 0 Å². The fourth-order valence-electron chi connectivity index (χ4n) is 3.62. The zero-order chi connectivity index (χ0) is 21.5. The molecular weight excluding hydrogens is 396 g/mol. The molecule has 0 saturated carbocycles. The van der Waals surface area contributed by atoms with E-state index in [4.69, 9.17) is 0 Å². The molecule has 6 heteroatoms. The molecule has 1 heterocycles. The van der Waals surface area contributed by atoms with Gasteiger partial charge in [-0.05, 0) is 49.6 Å². The Balaban J connectivity index is 1.80. The quantitative estimate of drug-likeness (QED) is 0.595. The fourth-order valence-corrected chi connectivity index (χ4v) is 5.01. The van der Waals surface area contributed by atoms with E-state index in [0.29, 0.717) is 16.8 Å². The summed E-state index contributed by atoms with van der Waals surface area (Å²) in [6.07, 6.45) is 0. The smallest absolute Gasteiger partial charge is 0.280 e. The number of hydrogen-bond donors (Lipinski definition) is 0. The van der Waals surface area contributed by atoms with Gasteiger partial charge in [-0.15, -0.1) is 0 Å². The molecule has 0 amide bonds. The third kappa shape index (κ3) is 3.44. The normalized spacial score (nSPS) is 14.8. The summed E-state index contributed by atoms with van der Waals surface area (Å²) in [6.45, 7) is 5.43. The monoisotopic (exact) mass is 418 g/mol. The fraction of sp³-hybridized carbons (Fsp3) is 0.167. The number of aryl methyl sites for hydroxylation is 3. The standard InChI is InChI=1S/C24H22N2O3S/c1-16-13-18(3)21(14-17(16)2)22(27)15-26-25-24(19-9-5-4-6-10-19)20-11-7-8-12-23(20)30(26,28)29/h4-14H,15H2,1-3H3. The molecule has 152 valence electrons. The summed E-state index contributed by atoms with van der Waals surface area (Å²) >= 11 is 0. The van der Waals surface area contributed by atoms with Gasteiger partial charge in [-0.2, -0.15) is 17.9 Å². The van der Waals surface area contributed by atoms with Crippen LogP contribution < -0.4 is 0 Å². The summed E-state index contributed by atoms with van der Waals surface area (Å²) < 4.78 is 27.4. The molecule has 0 radical (unpaired) electrons. The molecule has 0 aromatic heterocycles. The van der Waals surface area contributed by atoms with Crippen LogP contribution in [0.5, 0.6) is 0 Å². The number of nitrogens with zero attached hydrogens (tertiary/aromatic N) is 2. The molecule has 0 bridgehead atoms. The van der Waals surface area contributed by atoms with Crippen LogP contribution in [-0.4, -0.2) is 30.9 Å². The number of ketones is 1. The first-order chi connectivity index (χ1) is 14.3. The van der Waals surface area contributed by atoms with Gasteiger partial charge in [0.15, 0.2) is 5.78 Å². The molecule has 4 rings (SSSR count). The van der Waals surface area contributed by atoms with Crippen molar-refractivity contribution in [2.24, 2.45) is 5.10 Å². The van der Waals surface area contributed by atoms with Gasteiger partial charge in [-0.25, -0.2) is 0 Å². The lowest BCUT2D eigenvalue weighted by Gasteiger charge is -2.27. The molecule has 3 aromatic carbocycles. The second kappa shape index (κ2) is 7.54. The van der Waals surface area contributed by atoms with Gasteiger partial charge in [-0.1, -0.05) is 54.6 Å². The van der Waals surface area contributed by atoms with Crippen LogP contribution in [0, 0.1) is 20.8 Å². The molecule has 0 atom stereocenters. The predicted molar refractivity (Wildman–Crippen MR) is 117 cm³/mol. The number of fused-ring (bicyclic) bond motifs is 1. The summed E-state index contributed by atoms with van der Waals surface area (Å²) in [6, 6.07) is 19.9. The van der Waals surface area contributed by atoms with E-state index in [-0.39, 0.29) is 17.2 Å². The van der Waals surface area contributed by atoms with Gasteiger partial charge >= 0.3 is 0 Å². The van der Waals surface area contributed by atoms with Crippen molar-refractivity contribution in [3.8, 4) is 0 Å². The van der Waals surface area contributed by atoms with Gasteiger partial charge < -0.3 is 0 Å². The summed E-state index contributed by atoms with van der Waals surface area (Å²) in [4.78, 5) is 13.2. The Morgan fingerprint density at radius 3 is 2.23 bits per heavy atom. The minimum absolute atomic E-state index is 0.156. The average molecular weight is 419 g/mol. The van der Waals surface area contributed by atoms with E-state index in [9.17, 15) is 13.2 Å². The molecule has 0 fully saturated rings. The number of sulfonamides is 1. The molecule has 0 saturated heterocycles. The molecule has 0 aliphatic carbocycles. The number of carbonyl (C=O) groups is 1. The molecule has 5 nitrogen and oxygen atoms in total. The van der Waals surface area contributed by atoms with E-state index in [1.54, 1.807) is 24.3 Å². The Kier molecular flexibility index (Phi) is 5.03. The maximum Gasteiger partial charge on any atom is 0.280 e. The van der Waals surface area contributed by atoms with Crippen molar-refractivity contribution in [1.29, 1.82) is 0 Å². The van der Waals surface area contributed by atoms with E-state index in [1.807, 2.05) is 63.2 Å². The molecule has 3 aromatic rings. The zero-order valence-corrected chi connectivity index (χ0v) is 17.9. The topological polar surface area (TPSA) is 66.8 Å². The first-order valence-corrected chi connectivity index (χ1v) is 11.1. The molecular formula is C24H22N2O3S. The van der Waals surface area contributed by atoms with E-state index >= 15 is 0 Å². The Morgan fingerprint density at radius 2 is 1.50 bits per heavy atom. The lowest BCUT2D eigenvalue weighted by molar-refractivity contribution is 0.0966. The zero-order valence-electron chi connectivity index (χ0n) is 17.1. The SMILES string of the molecule is Cc1cc(C)c(C(=O)CN2N=C(c3ccccc3)c3ccccc3S2(=O)=O)cc1C. The highest BCUT2D eigenvalue weighted by Crippen LogP contribution is 2.29. The van der Waals surface area contributed by atoms with Crippen LogP contribution in [-0.2, 0) is 10.0 Å². The van der Waals surface area contributed by atoms with Crippen molar-refractivity contribution >= 4 is 21.5 Å². The average Bonchev–Trinajstić information content (AvgIpc) is 2.73. The predicted octanol–water partition coefficient (Wildman–Crippen LogP) is 4.25. The van der Waals surface area contributed by atoms with Crippen LogP contribution in [0.25, 0.3) is 0 Å². The van der Waals surface area contributed by atoms with Gasteiger partial charge in [0, 0.05) is 16.7 Å². The molecule has 0 spiro atoms. The highest BCUT2D eigenvalue weighted by atomic mass is 32.2. The number of rotatable bonds is 4. The summed E-state index contributed by atoms with van der Waals surface area (Å²) in [7, 11) is -3.93. The maximum absolute atomic E-state index is 13.2. The van der Waals surface area contributed by atoms with Crippen molar-refractivity contribution in [2.45, 2.75) is 25.7 Å². The number of carbonyl (C=O) groups excluding carboxylic acids is 1. The van der Waals surface area contributed by atoms with E-state index in [2.05, 4.69) is 5.10 Å². The van der Waals surface area contributed by atoms with Gasteiger partial charge in [0.25, 0.3) is 10.0 Å². The Hall–Kier alpha value is -3.25. The van der Waals surface area contributed by atoms with Gasteiger partial charge in [-0.3, -0.25) is 4.79 Å². The van der Waals surface area contributed by atoms with Crippen LogP contribution >= 0.6 is 0 Å². The highest BCUT2D eigenvalue weighted by molar-refractivity contribution is 7.89. The third-order valence-electron chi connectivity index (χ3n) is 5.38. The molecule has 1 aliphatic rings. The number of hydrazone groups is 1. The maximum atomic E-state index is 13.2. The Labute approximate surface area is 176 Å². The van der Waals surface area contributed by atoms with Crippen LogP contribution in [0.4, 0.5) is 0 Å². The number of benzene rings is 3. The first kappa shape index (κ1) is 20.0. The van der Waals surface area contributed by atoms with Gasteiger partial charge in [0.05, 0.1) is 4.90 Å². The van der Waals surface area contributed by atoms with E-state index in [1.165, 1.54) is 0 Å². The van der Waals surface area contributed by atoms with Gasteiger partial charge in [0.1, 0.15) is 12.3 Å². The van der Waals surface area contributed by atoms with Crippen LogP contribution in [0.1, 0.15) is 38.2 Å². The molecule has 0 unspecified atom stereocenters. The second-order valence-electron chi connectivity index (χ2n) is 7.47. The third-order valence-corrected chi connectivity index (χ3v) is 7.05. The number of hydrogen-bond acceptors (Lipinski definition) is 4. The van der Waals surface area contributed by atoms with Crippen LogP contribution in [0.3, 0.4) is 0 Å². The van der Waals surface area contributed by atoms with Crippen molar-refractivity contribution in [2.75, 3.05) is 6.54 Å². The minimum atomic E-state index is -3.93. The van der Waals surface area contributed by atoms with Crippen molar-refractivity contribution < 1.29 is 13.2 Å². The molecule has 0 N–H and O–H groups in total. The largest absolute Gasteiger partial charge is 0.292 e. The van der Waals surface area contributed by atoms with E-state index < -0.39 is 10.0 Å².